The number of carboxylic acids is 1. The first kappa shape index (κ1) is 13.4. The van der Waals surface area contributed by atoms with Crippen molar-refractivity contribution in [3.05, 3.63) is 23.8 Å². The molecule has 1 unspecified atom stereocenters. The Hall–Kier alpha value is -2.08. The van der Waals surface area contributed by atoms with Gasteiger partial charge in [0.05, 0.1) is 23.5 Å². The average molecular weight is 263 g/mol. The number of hydrogen-bond acceptors (Lipinski definition) is 4. The van der Waals surface area contributed by atoms with Gasteiger partial charge in [-0.15, -0.1) is 0 Å². The van der Waals surface area contributed by atoms with E-state index in [0.717, 1.165) is 12.1 Å². The van der Waals surface area contributed by atoms with E-state index in [-0.39, 0.29) is 24.1 Å². The molecule has 1 atom stereocenters. The molecule has 0 aliphatic carbocycles. The highest BCUT2D eigenvalue weighted by molar-refractivity contribution is 6.03. The molecule has 6 nitrogen and oxygen atoms in total. The van der Waals surface area contributed by atoms with E-state index in [1.807, 2.05) is 11.8 Å². The zero-order valence-corrected chi connectivity index (χ0v) is 10.7. The SMILES string of the molecule is CC(CCN)N1CC(=O)Nc2cc(C(=O)O)ccc21. The highest BCUT2D eigenvalue weighted by atomic mass is 16.4. The summed E-state index contributed by atoms with van der Waals surface area (Å²) in [5.74, 6) is -1.15. The van der Waals surface area contributed by atoms with Crippen molar-refractivity contribution in [2.45, 2.75) is 19.4 Å². The van der Waals surface area contributed by atoms with Gasteiger partial charge in [0, 0.05) is 6.04 Å². The van der Waals surface area contributed by atoms with Crippen LogP contribution in [-0.2, 0) is 4.79 Å². The lowest BCUT2D eigenvalue weighted by molar-refractivity contribution is -0.115. The van der Waals surface area contributed by atoms with Gasteiger partial charge in [-0.25, -0.2) is 4.79 Å². The highest BCUT2D eigenvalue weighted by Crippen LogP contribution is 2.32. The van der Waals surface area contributed by atoms with E-state index in [0.29, 0.717) is 12.2 Å². The van der Waals surface area contributed by atoms with Crippen molar-refractivity contribution in [3.8, 4) is 0 Å². The molecule has 1 aromatic rings. The second-order valence-electron chi connectivity index (χ2n) is 4.64. The van der Waals surface area contributed by atoms with Gasteiger partial charge in [-0.2, -0.15) is 0 Å². The van der Waals surface area contributed by atoms with Crippen LogP contribution < -0.4 is 16.0 Å². The number of carbonyl (C=O) groups is 2. The predicted octanol–water partition coefficient (Wildman–Crippen LogP) is 0.881. The van der Waals surface area contributed by atoms with E-state index in [1.54, 1.807) is 12.1 Å². The van der Waals surface area contributed by atoms with Gasteiger partial charge in [-0.1, -0.05) is 0 Å². The van der Waals surface area contributed by atoms with Gasteiger partial charge in [0.2, 0.25) is 5.91 Å². The van der Waals surface area contributed by atoms with Crippen LogP contribution in [0.2, 0.25) is 0 Å². The number of aromatic carboxylic acids is 1. The van der Waals surface area contributed by atoms with Crippen LogP contribution in [0.5, 0.6) is 0 Å². The van der Waals surface area contributed by atoms with E-state index in [9.17, 15) is 9.59 Å². The molecule has 0 saturated carbocycles. The Morgan fingerprint density at radius 1 is 1.58 bits per heavy atom. The first-order chi connectivity index (χ1) is 9.02. The van der Waals surface area contributed by atoms with Crippen molar-refractivity contribution in [2.75, 3.05) is 23.3 Å². The molecule has 0 aromatic heterocycles. The van der Waals surface area contributed by atoms with Crippen molar-refractivity contribution < 1.29 is 14.7 Å². The molecular formula is C13H17N3O3. The number of nitrogens with two attached hydrogens (primary N) is 1. The number of carboxylic acid groups (broad SMARTS) is 1. The molecular weight excluding hydrogens is 246 g/mol. The van der Waals surface area contributed by atoms with Crippen molar-refractivity contribution in [2.24, 2.45) is 5.73 Å². The number of carbonyl (C=O) groups excluding carboxylic acids is 1. The van der Waals surface area contributed by atoms with E-state index in [1.165, 1.54) is 6.07 Å². The molecule has 1 aromatic carbocycles. The van der Waals surface area contributed by atoms with Gasteiger partial charge in [-0.3, -0.25) is 4.79 Å². The number of amides is 1. The first-order valence-electron chi connectivity index (χ1n) is 6.17. The van der Waals surface area contributed by atoms with Crippen molar-refractivity contribution >= 4 is 23.3 Å². The zero-order valence-electron chi connectivity index (χ0n) is 10.7. The maximum atomic E-state index is 11.7. The Balaban J connectivity index is 2.38. The fraction of sp³-hybridized carbons (Fsp3) is 0.385. The fourth-order valence-electron chi connectivity index (χ4n) is 2.24. The minimum atomic E-state index is -1.01. The van der Waals surface area contributed by atoms with Crippen LogP contribution in [0.25, 0.3) is 0 Å². The van der Waals surface area contributed by atoms with Gasteiger partial charge in [0.15, 0.2) is 0 Å². The summed E-state index contributed by atoms with van der Waals surface area (Å²) in [6, 6.07) is 4.88. The van der Waals surface area contributed by atoms with Gasteiger partial charge in [0.25, 0.3) is 0 Å². The normalized spacial score (nSPS) is 15.7. The van der Waals surface area contributed by atoms with Gasteiger partial charge >= 0.3 is 5.97 Å². The lowest BCUT2D eigenvalue weighted by Crippen LogP contribution is -2.44. The Morgan fingerprint density at radius 2 is 2.32 bits per heavy atom. The minimum absolute atomic E-state index is 0.130. The topological polar surface area (TPSA) is 95.7 Å². The zero-order chi connectivity index (χ0) is 14.0. The summed E-state index contributed by atoms with van der Waals surface area (Å²) in [6.07, 6.45) is 0.771. The maximum Gasteiger partial charge on any atom is 0.335 e. The molecule has 1 amide bonds. The van der Waals surface area contributed by atoms with E-state index in [4.69, 9.17) is 10.8 Å². The summed E-state index contributed by atoms with van der Waals surface area (Å²) in [5, 5.41) is 11.7. The van der Waals surface area contributed by atoms with Gasteiger partial charge in [0.1, 0.15) is 0 Å². The smallest absolute Gasteiger partial charge is 0.335 e. The molecule has 1 aliphatic heterocycles. The van der Waals surface area contributed by atoms with Gasteiger partial charge in [-0.05, 0) is 38.1 Å². The van der Waals surface area contributed by atoms with Crippen LogP contribution in [0.1, 0.15) is 23.7 Å². The van der Waals surface area contributed by atoms with Crippen LogP contribution in [0.15, 0.2) is 18.2 Å². The number of hydrogen-bond donors (Lipinski definition) is 3. The quantitative estimate of drug-likeness (QED) is 0.749. The molecule has 4 N–H and O–H groups in total. The van der Waals surface area contributed by atoms with Crippen LogP contribution in [0.3, 0.4) is 0 Å². The summed E-state index contributed by atoms with van der Waals surface area (Å²) >= 11 is 0. The molecule has 6 heteroatoms. The molecule has 0 fully saturated rings. The molecule has 0 radical (unpaired) electrons. The second-order valence-corrected chi connectivity index (χ2v) is 4.64. The monoisotopic (exact) mass is 263 g/mol. The Kier molecular flexibility index (Phi) is 3.71. The number of fused-ring (bicyclic) bond motifs is 1. The first-order valence-corrected chi connectivity index (χ1v) is 6.17. The third kappa shape index (κ3) is 2.68. The molecule has 1 aliphatic rings. The lowest BCUT2D eigenvalue weighted by Gasteiger charge is -2.35. The largest absolute Gasteiger partial charge is 0.478 e. The van der Waals surface area contributed by atoms with E-state index in [2.05, 4.69) is 5.32 Å². The summed E-state index contributed by atoms with van der Waals surface area (Å²) in [6.45, 7) is 2.81. The summed E-state index contributed by atoms with van der Waals surface area (Å²) in [5.41, 5.74) is 7.09. The van der Waals surface area contributed by atoms with Crippen LogP contribution in [0, 0.1) is 0 Å². The average Bonchev–Trinajstić information content (AvgIpc) is 2.37. The van der Waals surface area contributed by atoms with Crippen LogP contribution in [-0.4, -0.2) is 36.1 Å². The molecule has 2 rings (SSSR count). The summed E-state index contributed by atoms with van der Waals surface area (Å²) < 4.78 is 0. The van der Waals surface area contributed by atoms with Crippen molar-refractivity contribution in [1.29, 1.82) is 0 Å². The number of anilines is 2. The third-order valence-corrected chi connectivity index (χ3v) is 3.26. The third-order valence-electron chi connectivity index (χ3n) is 3.26. The minimum Gasteiger partial charge on any atom is -0.478 e. The standard InChI is InChI=1S/C13H17N3O3/c1-8(4-5-14)16-7-12(17)15-10-6-9(13(18)19)2-3-11(10)16/h2-3,6,8H,4-5,7,14H2,1H3,(H,15,17)(H,18,19). The molecule has 0 bridgehead atoms. The summed E-state index contributed by atoms with van der Waals surface area (Å²) in [4.78, 5) is 24.6. The van der Waals surface area contributed by atoms with Crippen molar-refractivity contribution in [3.63, 3.8) is 0 Å². The number of nitrogens with zero attached hydrogens (tertiary/aromatic N) is 1. The van der Waals surface area contributed by atoms with Gasteiger partial charge < -0.3 is 21.1 Å². The Morgan fingerprint density at radius 3 is 2.95 bits per heavy atom. The Labute approximate surface area is 111 Å². The van der Waals surface area contributed by atoms with Crippen LogP contribution in [0.4, 0.5) is 11.4 Å². The molecule has 0 spiro atoms. The maximum absolute atomic E-state index is 11.7. The lowest BCUT2D eigenvalue weighted by atomic mass is 10.1. The predicted molar refractivity (Wildman–Crippen MR) is 72.5 cm³/mol. The van der Waals surface area contributed by atoms with Crippen LogP contribution >= 0.6 is 0 Å². The van der Waals surface area contributed by atoms with E-state index >= 15 is 0 Å². The van der Waals surface area contributed by atoms with Crippen molar-refractivity contribution in [1.82, 2.24) is 0 Å². The second kappa shape index (κ2) is 5.27. The number of benzene rings is 1. The van der Waals surface area contributed by atoms with E-state index < -0.39 is 5.97 Å². The number of nitrogens with one attached hydrogen (secondary N) is 1. The molecule has 19 heavy (non-hydrogen) atoms. The fourth-order valence-corrected chi connectivity index (χ4v) is 2.24. The highest BCUT2D eigenvalue weighted by Gasteiger charge is 2.26. The Bertz CT molecular complexity index is 516. The summed E-state index contributed by atoms with van der Waals surface area (Å²) in [7, 11) is 0. The molecule has 0 saturated heterocycles. The molecule has 1 heterocycles. The molecule has 102 valence electrons. The number of rotatable bonds is 4.